The highest BCUT2D eigenvalue weighted by Crippen LogP contribution is 2.44. The van der Waals surface area contributed by atoms with E-state index in [2.05, 4.69) is 6.08 Å². The minimum atomic E-state index is -0.315. The summed E-state index contributed by atoms with van der Waals surface area (Å²) in [6.45, 7) is 0.358. The highest BCUT2D eigenvalue weighted by Gasteiger charge is 2.34. The molecular formula is C27H18O5. The summed E-state index contributed by atoms with van der Waals surface area (Å²) in [5.41, 5.74) is 4.25. The summed E-state index contributed by atoms with van der Waals surface area (Å²) >= 11 is 0. The van der Waals surface area contributed by atoms with Gasteiger partial charge in [0.25, 0.3) is 0 Å². The standard InChI is InChI=1S/C27H18O5/c28-24-13-20(18-12-17-8-4-5-9-22(17)30-14-18)25-23(32-24)11-10-19-26(29)21(15-31-27(19)25)16-6-2-1-3-7-16/h1-12,15,20H,13-14H2. The van der Waals surface area contributed by atoms with E-state index in [0.29, 0.717) is 34.5 Å². The van der Waals surface area contributed by atoms with Crippen molar-refractivity contribution in [2.24, 2.45) is 0 Å². The summed E-state index contributed by atoms with van der Waals surface area (Å²) in [5.74, 6) is 0.625. The fourth-order valence-corrected chi connectivity index (χ4v) is 4.52. The molecule has 3 aromatic carbocycles. The lowest BCUT2D eigenvalue weighted by molar-refractivity contribution is -0.135. The number of rotatable bonds is 2. The molecule has 0 bridgehead atoms. The molecule has 2 aliphatic heterocycles. The number of para-hydroxylation sites is 1. The molecule has 0 saturated heterocycles. The minimum Gasteiger partial charge on any atom is -0.489 e. The van der Waals surface area contributed by atoms with E-state index >= 15 is 0 Å². The van der Waals surface area contributed by atoms with Gasteiger partial charge in [0.15, 0.2) is 0 Å². The van der Waals surface area contributed by atoms with E-state index < -0.39 is 0 Å². The summed E-state index contributed by atoms with van der Waals surface area (Å²) < 4.78 is 17.5. The second kappa shape index (κ2) is 7.24. The number of benzene rings is 3. The van der Waals surface area contributed by atoms with Crippen molar-refractivity contribution < 1.29 is 18.7 Å². The largest absolute Gasteiger partial charge is 0.489 e. The van der Waals surface area contributed by atoms with Gasteiger partial charge >= 0.3 is 5.97 Å². The molecule has 0 fully saturated rings. The zero-order valence-corrected chi connectivity index (χ0v) is 17.0. The third-order valence-electron chi connectivity index (χ3n) is 6.07. The first-order chi connectivity index (χ1) is 15.7. The zero-order valence-electron chi connectivity index (χ0n) is 17.0. The normalized spacial score (nSPS) is 17.1. The topological polar surface area (TPSA) is 65.7 Å². The Hall–Kier alpha value is -4.12. The molecule has 2 aliphatic rings. The Morgan fingerprint density at radius 2 is 1.66 bits per heavy atom. The van der Waals surface area contributed by atoms with Crippen LogP contribution >= 0.6 is 0 Å². The molecule has 0 amide bonds. The van der Waals surface area contributed by atoms with Gasteiger partial charge in [0.1, 0.15) is 30.0 Å². The molecule has 156 valence electrons. The average Bonchev–Trinajstić information content (AvgIpc) is 2.83. The Morgan fingerprint density at radius 1 is 0.844 bits per heavy atom. The molecular weight excluding hydrogens is 404 g/mol. The predicted octanol–water partition coefficient (Wildman–Crippen LogP) is 5.33. The van der Waals surface area contributed by atoms with Crippen molar-refractivity contribution in [2.45, 2.75) is 12.3 Å². The molecule has 4 aromatic rings. The van der Waals surface area contributed by atoms with Crippen LogP contribution in [0.3, 0.4) is 0 Å². The summed E-state index contributed by atoms with van der Waals surface area (Å²) in [7, 11) is 0. The molecule has 0 saturated carbocycles. The monoisotopic (exact) mass is 422 g/mol. The van der Waals surface area contributed by atoms with Crippen LogP contribution in [0, 0.1) is 0 Å². The van der Waals surface area contributed by atoms with Crippen LogP contribution in [-0.4, -0.2) is 12.6 Å². The van der Waals surface area contributed by atoms with E-state index in [4.69, 9.17) is 13.9 Å². The van der Waals surface area contributed by atoms with Gasteiger partial charge in [-0.15, -0.1) is 0 Å². The number of carbonyl (C=O) groups is 1. The fraction of sp³-hybridized carbons (Fsp3) is 0.111. The maximum Gasteiger partial charge on any atom is 0.312 e. The van der Waals surface area contributed by atoms with Crippen molar-refractivity contribution in [1.82, 2.24) is 0 Å². The molecule has 0 aliphatic carbocycles. The fourth-order valence-electron chi connectivity index (χ4n) is 4.52. The van der Waals surface area contributed by atoms with Crippen molar-refractivity contribution in [2.75, 3.05) is 6.61 Å². The molecule has 0 radical (unpaired) electrons. The van der Waals surface area contributed by atoms with Crippen LogP contribution in [-0.2, 0) is 4.79 Å². The predicted molar refractivity (Wildman–Crippen MR) is 121 cm³/mol. The smallest absolute Gasteiger partial charge is 0.312 e. The van der Waals surface area contributed by atoms with Gasteiger partial charge in [-0.3, -0.25) is 9.59 Å². The van der Waals surface area contributed by atoms with Crippen LogP contribution in [0.15, 0.2) is 87.8 Å². The Balaban J connectivity index is 1.54. The third-order valence-corrected chi connectivity index (χ3v) is 6.07. The van der Waals surface area contributed by atoms with Crippen LogP contribution in [0.1, 0.15) is 23.5 Å². The van der Waals surface area contributed by atoms with Crippen LogP contribution in [0.5, 0.6) is 11.5 Å². The summed E-state index contributed by atoms with van der Waals surface area (Å²) in [6, 6.07) is 20.6. The van der Waals surface area contributed by atoms with Gasteiger partial charge in [-0.2, -0.15) is 0 Å². The SMILES string of the molecule is O=C1CC(C2=Cc3ccccc3OC2)c2c(ccc3c(=O)c(-c4ccccc4)coc23)O1. The van der Waals surface area contributed by atoms with Crippen molar-refractivity contribution in [3.05, 3.63) is 99.9 Å². The van der Waals surface area contributed by atoms with E-state index in [9.17, 15) is 9.59 Å². The van der Waals surface area contributed by atoms with Gasteiger partial charge in [0, 0.05) is 17.0 Å². The number of ether oxygens (including phenoxy) is 2. The molecule has 32 heavy (non-hydrogen) atoms. The molecule has 1 unspecified atom stereocenters. The highest BCUT2D eigenvalue weighted by molar-refractivity contribution is 5.90. The van der Waals surface area contributed by atoms with E-state index in [1.807, 2.05) is 54.6 Å². The Kier molecular flexibility index (Phi) is 4.21. The van der Waals surface area contributed by atoms with Crippen molar-refractivity contribution in [3.63, 3.8) is 0 Å². The minimum absolute atomic E-state index is 0.116. The highest BCUT2D eigenvalue weighted by atomic mass is 16.5. The Bertz CT molecular complexity index is 1460. The van der Waals surface area contributed by atoms with Gasteiger partial charge in [0.2, 0.25) is 5.43 Å². The number of hydrogen-bond donors (Lipinski definition) is 0. The lowest BCUT2D eigenvalue weighted by Crippen LogP contribution is -2.25. The maximum absolute atomic E-state index is 13.3. The first-order valence-electron chi connectivity index (χ1n) is 10.5. The van der Waals surface area contributed by atoms with Crippen molar-refractivity contribution in [1.29, 1.82) is 0 Å². The van der Waals surface area contributed by atoms with Crippen molar-refractivity contribution >= 4 is 23.0 Å². The van der Waals surface area contributed by atoms with E-state index in [0.717, 1.165) is 22.4 Å². The Morgan fingerprint density at radius 3 is 2.53 bits per heavy atom. The first kappa shape index (κ1) is 18.6. The van der Waals surface area contributed by atoms with Crippen LogP contribution in [0.4, 0.5) is 0 Å². The van der Waals surface area contributed by atoms with Gasteiger partial charge in [-0.05, 0) is 35.4 Å². The number of carbonyl (C=O) groups excluding carboxylic acids is 1. The van der Waals surface area contributed by atoms with Gasteiger partial charge in [0.05, 0.1) is 17.4 Å². The lowest BCUT2D eigenvalue weighted by atomic mass is 9.83. The second-order valence-corrected chi connectivity index (χ2v) is 7.98. The van der Waals surface area contributed by atoms with E-state index in [1.165, 1.54) is 6.26 Å². The van der Waals surface area contributed by atoms with E-state index in [1.54, 1.807) is 12.1 Å². The van der Waals surface area contributed by atoms with Gasteiger partial charge in [-0.1, -0.05) is 48.5 Å². The zero-order chi connectivity index (χ0) is 21.7. The van der Waals surface area contributed by atoms with E-state index in [-0.39, 0.29) is 23.7 Å². The summed E-state index contributed by atoms with van der Waals surface area (Å²) in [4.78, 5) is 25.7. The maximum atomic E-state index is 13.3. The molecule has 6 rings (SSSR count). The molecule has 1 aromatic heterocycles. The number of esters is 1. The third kappa shape index (κ3) is 2.94. The van der Waals surface area contributed by atoms with Gasteiger partial charge < -0.3 is 13.9 Å². The summed E-state index contributed by atoms with van der Waals surface area (Å²) in [5, 5.41) is 0.464. The quantitative estimate of drug-likeness (QED) is 0.323. The Labute approximate surface area is 183 Å². The first-order valence-corrected chi connectivity index (χ1v) is 10.5. The lowest BCUT2D eigenvalue weighted by Gasteiger charge is -2.29. The molecule has 5 nitrogen and oxygen atoms in total. The number of hydrogen-bond acceptors (Lipinski definition) is 5. The second-order valence-electron chi connectivity index (χ2n) is 7.98. The van der Waals surface area contributed by atoms with Crippen LogP contribution in [0.2, 0.25) is 0 Å². The molecule has 0 spiro atoms. The molecule has 3 heterocycles. The molecule has 0 N–H and O–H groups in total. The van der Waals surface area contributed by atoms with Crippen molar-refractivity contribution in [3.8, 4) is 22.6 Å². The van der Waals surface area contributed by atoms with Crippen LogP contribution in [0.25, 0.3) is 28.2 Å². The average molecular weight is 422 g/mol. The number of fused-ring (bicyclic) bond motifs is 4. The molecule has 1 atom stereocenters. The van der Waals surface area contributed by atoms with Crippen LogP contribution < -0.4 is 14.9 Å². The van der Waals surface area contributed by atoms with Gasteiger partial charge in [-0.25, -0.2) is 0 Å². The molecule has 5 heteroatoms. The summed E-state index contributed by atoms with van der Waals surface area (Å²) in [6.07, 6.45) is 3.71.